The van der Waals surface area contributed by atoms with Crippen molar-refractivity contribution in [3.8, 4) is 0 Å². The molecule has 1 saturated heterocycles. The van der Waals surface area contributed by atoms with E-state index in [1.165, 1.54) is 24.1 Å². The number of alkyl halides is 6. The molecular weight excluding hydrogens is 467 g/mol. The fraction of sp³-hybridized carbons (Fsp3) is 0.435. The first kappa shape index (κ1) is 25.8. The van der Waals surface area contributed by atoms with Crippen LogP contribution in [0.4, 0.5) is 35.5 Å². The van der Waals surface area contributed by atoms with Gasteiger partial charge in [0, 0.05) is 26.7 Å². The van der Waals surface area contributed by atoms with Crippen molar-refractivity contribution >= 4 is 6.03 Å². The highest BCUT2D eigenvalue weighted by Gasteiger charge is 2.37. The third-order valence-electron chi connectivity index (χ3n) is 5.70. The number of benzene rings is 2. The van der Waals surface area contributed by atoms with Crippen LogP contribution >= 0.6 is 0 Å². The molecule has 0 spiro atoms. The number of amides is 2. The average molecular weight is 491 g/mol. The fourth-order valence-electron chi connectivity index (χ4n) is 4.07. The summed E-state index contributed by atoms with van der Waals surface area (Å²) in [6.45, 7) is 2.55. The highest BCUT2D eigenvalue weighted by molar-refractivity contribution is 5.75. The number of nitrogens with one attached hydrogen (secondary N) is 1. The lowest BCUT2D eigenvalue weighted by Gasteiger charge is -2.34. The van der Waals surface area contributed by atoms with E-state index < -0.39 is 47.9 Å². The Hall–Kier alpha value is -2.82. The predicted molar refractivity (Wildman–Crippen MR) is 111 cm³/mol. The first-order valence-corrected chi connectivity index (χ1v) is 10.5. The second-order valence-corrected chi connectivity index (χ2v) is 8.32. The minimum absolute atomic E-state index is 0.0547. The van der Waals surface area contributed by atoms with Gasteiger partial charge >= 0.3 is 18.4 Å². The number of aryl methyl sites for hydroxylation is 1. The molecule has 1 fully saturated rings. The summed E-state index contributed by atoms with van der Waals surface area (Å²) in [4.78, 5) is 15.9. The molecule has 2 aromatic rings. The van der Waals surface area contributed by atoms with Crippen LogP contribution in [0.15, 0.2) is 36.4 Å². The largest absolute Gasteiger partial charge is 0.416 e. The number of halogens is 7. The van der Waals surface area contributed by atoms with Gasteiger partial charge in [0.1, 0.15) is 5.82 Å². The molecule has 4 nitrogen and oxygen atoms in total. The standard InChI is InChI=1S/C23H24F7N3O/c1-14-8-18(24)4-5-19(14)20-12-31-6-3-7-33(20)21(34)32(2)13-15-9-16(22(25,26)27)11-17(10-15)23(28,29)30/h4-5,8-11,20,31H,3,6-7,12-13H2,1-2H3. The van der Waals surface area contributed by atoms with Gasteiger partial charge < -0.3 is 15.1 Å². The molecule has 186 valence electrons. The number of nitrogens with zero attached hydrogens (tertiary/aromatic N) is 2. The van der Waals surface area contributed by atoms with E-state index in [2.05, 4.69) is 5.32 Å². The zero-order valence-corrected chi connectivity index (χ0v) is 18.5. The third kappa shape index (κ3) is 5.99. The molecular formula is C23H24F7N3O. The van der Waals surface area contributed by atoms with Crippen molar-refractivity contribution < 1.29 is 35.5 Å². The number of urea groups is 1. The van der Waals surface area contributed by atoms with Crippen molar-refractivity contribution in [1.82, 2.24) is 15.1 Å². The van der Waals surface area contributed by atoms with Gasteiger partial charge in [-0.2, -0.15) is 26.3 Å². The molecule has 1 heterocycles. The topological polar surface area (TPSA) is 35.6 Å². The first-order valence-electron chi connectivity index (χ1n) is 10.5. The molecule has 1 aliphatic rings. The molecule has 1 atom stereocenters. The van der Waals surface area contributed by atoms with Crippen LogP contribution < -0.4 is 5.32 Å². The minimum atomic E-state index is -4.97. The van der Waals surface area contributed by atoms with Crippen molar-refractivity contribution in [1.29, 1.82) is 0 Å². The van der Waals surface area contributed by atoms with Gasteiger partial charge in [0.25, 0.3) is 0 Å². The molecule has 0 radical (unpaired) electrons. The number of carbonyl (C=O) groups is 1. The summed E-state index contributed by atoms with van der Waals surface area (Å²) in [6.07, 6.45) is -9.35. The fourth-order valence-corrected chi connectivity index (χ4v) is 4.07. The molecule has 0 aromatic heterocycles. The summed E-state index contributed by atoms with van der Waals surface area (Å²) >= 11 is 0. The van der Waals surface area contributed by atoms with Crippen LogP contribution in [0.1, 0.15) is 40.3 Å². The summed E-state index contributed by atoms with van der Waals surface area (Å²) in [6, 6.07) is 4.45. The van der Waals surface area contributed by atoms with Gasteiger partial charge in [-0.05, 0) is 66.9 Å². The third-order valence-corrected chi connectivity index (χ3v) is 5.70. The van der Waals surface area contributed by atoms with Gasteiger partial charge in [-0.1, -0.05) is 6.07 Å². The normalized spacial score (nSPS) is 17.4. The van der Waals surface area contributed by atoms with Crippen LogP contribution in [0.25, 0.3) is 0 Å². The minimum Gasteiger partial charge on any atom is -0.323 e. The molecule has 3 rings (SSSR count). The number of carbonyl (C=O) groups excluding carboxylic acids is 1. The van der Waals surface area contributed by atoms with Crippen LogP contribution in [0.3, 0.4) is 0 Å². The van der Waals surface area contributed by atoms with Crippen molar-refractivity contribution in [2.45, 2.75) is 38.3 Å². The van der Waals surface area contributed by atoms with Gasteiger partial charge in [-0.3, -0.25) is 0 Å². The van der Waals surface area contributed by atoms with Gasteiger partial charge in [-0.15, -0.1) is 0 Å². The molecule has 0 saturated carbocycles. The maximum absolute atomic E-state index is 13.6. The number of hydrogen-bond acceptors (Lipinski definition) is 2. The molecule has 1 unspecified atom stereocenters. The van der Waals surface area contributed by atoms with Crippen molar-refractivity contribution in [2.24, 2.45) is 0 Å². The number of hydrogen-bond donors (Lipinski definition) is 1. The van der Waals surface area contributed by atoms with Crippen molar-refractivity contribution in [3.63, 3.8) is 0 Å². The monoisotopic (exact) mass is 491 g/mol. The van der Waals surface area contributed by atoms with E-state index in [9.17, 15) is 35.5 Å². The Labute approximate surface area is 192 Å². The second kappa shape index (κ2) is 9.81. The molecule has 2 amide bonds. The highest BCUT2D eigenvalue weighted by atomic mass is 19.4. The summed E-state index contributed by atoms with van der Waals surface area (Å²) in [5.74, 6) is -0.428. The quantitative estimate of drug-likeness (QED) is 0.555. The van der Waals surface area contributed by atoms with E-state index in [4.69, 9.17) is 0 Å². The van der Waals surface area contributed by atoms with Crippen LogP contribution in [-0.2, 0) is 18.9 Å². The Morgan fingerprint density at radius 1 is 1.06 bits per heavy atom. The Morgan fingerprint density at radius 2 is 1.68 bits per heavy atom. The maximum Gasteiger partial charge on any atom is 0.416 e. The smallest absolute Gasteiger partial charge is 0.323 e. The Balaban J connectivity index is 1.90. The highest BCUT2D eigenvalue weighted by Crippen LogP contribution is 2.36. The van der Waals surface area contributed by atoms with Crippen LogP contribution in [-0.4, -0.2) is 42.5 Å². The number of rotatable bonds is 3. The maximum atomic E-state index is 13.6. The van der Waals surface area contributed by atoms with Crippen LogP contribution in [0.2, 0.25) is 0 Å². The van der Waals surface area contributed by atoms with E-state index in [0.29, 0.717) is 49.3 Å². The zero-order chi connectivity index (χ0) is 25.3. The molecule has 0 bridgehead atoms. The molecule has 1 aliphatic heterocycles. The van der Waals surface area contributed by atoms with Gasteiger partial charge in [0.05, 0.1) is 17.2 Å². The Morgan fingerprint density at radius 3 is 2.24 bits per heavy atom. The van der Waals surface area contributed by atoms with E-state index in [1.807, 2.05) is 0 Å². The van der Waals surface area contributed by atoms with E-state index in [-0.39, 0.29) is 11.6 Å². The summed E-state index contributed by atoms with van der Waals surface area (Å²) in [5, 5.41) is 3.20. The average Bonchev–Trinajstić information content (AvgIpc) is 2.97. The lowest BCUT2D eigenvalue weighted by atomic mass is 9.99. The molecule has 11 heteroatoms. The lowest BCUT2D eigenvalue weighted by Crippen LogP contribution is -2.44. The molecule has 0 aliphatic carbocycles. The first-order chi connectivity index (χ1) is 15.8. The van der Waals surface area contributed by atoms with Crippen LogP contribution in [0, 0.1) is 12.7 Å². The Kier molecular flexibility index (Phi) is 7.44. The van der Waals surface area contributed by atoms with E-state index >= 15 is 0 Å². The van der Waals surface area contributed by atoms with Gasteiger partial charge in [0.2, 0.25) is 0 Å². The van der Waals surface area contributed by atoms with Gasteiger partial charge in [-0.25, -0.2) is 9.18 Å². The summed E-state index contributed by atoms with van der Waals surface area (Å²) in [5.41, 5.74) is -1.83. The lowest BCUT2D eigenvalue weighted by molar-refractivity contribution is -0.143. The van der Waals surface area contributed by atoms with Crippen molar-refractivity contribution in [2.75, 3.05) is 26.7 Å². The SMILES string of the molecule is Cc1cc(F)ccc1C1CNCCCN1C(=O)N(C)Cc1cc(C(F)(F)F)cc(C(F)(F)F)c1. The molecule has 1 N–H and O–H groups in total. The summed E-state index contributed by atoms with van der Waals surface area (Å²) < 4.78 is 92.7. The van der Waals surface area contributed by atoms with E-state index in [0.717, 1.165) is 4.90 Å². The van der Waals surface area contributed by atoms with Crippen LogP contribution in [0.5, 0.6) is 0 Å². The summed E-state index contributed by atoms with van der Waals surface area (Å²) in [7, 11) is 1.32. The zero-order valence-electron chi connectivity index (χ0n) is 18.5. The van der Waals surface area contributed by atoms with Crippen molar-refractivity contribution in [3.05, 3.63) is 70.0 Å². The van der Waals surface area contributed by atoms with Gasteiger partial charge in [0.15, 0.2) is 0 Å². The second-order valence-electron chi connectivity index (χ2n) is 8.32. The Bertz CT molecular complexity index is 1000. The van der Waals surface area contributed by atoms with E-state index in [1.54, 1.807) is 13.0 Å². The predicted octanol–water partition coefficient (Wildman–Crippen LogP) is 5.76. The molecule has 2 aromatic carbocycles. The molecule has 34 heavy (non-hydrogen) atoms.